The average molecular weight is 482 g/mol. The Hall–Kier alpha value is -4.05. The van der Waals surface area contributed by atoms with E-state index in [-0.39, 0.29) is 23.7 Å². The molecule has 9 nitrogen and oxygen atoms in total. The number of benzene rings is 3. The molecule has 0 radical (unpaired) electrons. The topological polar surface area (TPSA) is 114 Å². The summed E-state index contributed by atoms with van der Waals surface area (Å²) in [5.41, 5.74) is 1.14. The van der Waals surface area contributed by atoms with Gasteiger partial charge in [-0.1, -0.05) is 18.2 Å². The molecule has 0 fully saturated rings. The fraction of sp³-hybridized carbons (Fsp3) is 0.167. The summed E-state index contributed by atoms with van der Waals surface area (Å²) in [6.45, 7) is 1.85. The lowest BCUT2D eigenvalue weighted by Crippen LogP contribution is -2.43. The number of nitrogens with one attached hydrogen (secondary N) is 2. The first kappa shape index (κ1) is 23.1. The summed E-state index contributed by atoms with van der Waals surface area (Å²) >= 11 is 0. The number of hydrogen-bond acceptors (Lipinski definition) is 6. The normalized spacial score (nSPS) is 13.0. The van der Waals surface area contributed by atoms with Gasteiger partial charge in [-0.2, -0.15) is 0 Å². The zero-order chi connectivity index (χ0) is 24.1. The molecule has 3 aromatic carbocycles. The van der Waals surface area contributed by atoms with Crippen LogP contribution in [0.1, 0.15) is 6.92 Å². The smallest absolute Gasteiger partial charge is 0.265 e. The van der Waals surface area contributed by atoms with Crippen LogP contribution < -0.4 is 24.4 Å². The number of carbonyl (C=O) groups excluding carboxylic acids is 2. The number of anilines is 3. The molecule has 0 bridgehead atoms. The number of hydrogen-bond donors (Lipinski definition) is 2. The lowest BCUT2D eigenvalue weighted by Gasteiger charge is -2.29. The third kappa shape index (κ3) is 5.29. The number of rotatable bonds is 8. The third-order valence-corrected chi connectivity index (χ3v) is 6.34. The minimum atomic E-state index is -3.93. The number of carbonyl (C=O) groups is 2. The van der Waals surface area contributed by atoms with Crippen LogP contribution in [0.5, 0.6) is 11.5 Å². The van der Waals surface area contributed by atoms with E-state index in [1.165, 1.54) is 23.1 Å². The van der Waals surface area contributed by atoms with Crippen LogP contribution in [0.2, 0.25) is 0 Å². The van der Waals surface area contributed by atoms with Crippen molar-refractivity contribution in [2.45, 2.75) is 11.8 Å². The van der Waals surface area contributed by atoms with Crippen molar-refractivity contribution in [2.75, 3.05) is 34.7 Å². The molecule has 3 aromatic rings. The average Bonchev–Trinajstić information content (AvgIpc) is 2.82. The van der Waals surface area contributed by atoms with Crippen LogP contribution >= 0.6 is 0 Å². The summed E-state index contributed by atoms with van der Waals surface area (Å²) in [7, 11) is -3.93. The first-order valence-corrected chi connectivity index (χ1v) is 12.0. The summed E-state index contributed by atoms with van der Waals surface area (Å²) in [4.78, 5) is 26.4. The number of nitrogens with zero attached hydrogens (tertiary/aromatic N) is 1. The fourth-order valence-corrected chi connectivity index (χ4v) is 4.47. The highest BCUT2D eigenvalue weighted by atomic mass is 32.2. The molecule has 0 aromatic heterocycles. The first-order valence-electron chi connectivity index (χ1n) is 10.5. The Morgan fingerprint density at radius 3 is 2.47 bits per heavy atom. The highest BCUT2D eigenvalue weighted by Gasteiger charge is 2.29. The number of ether oxygens (including phenoxy) is 2. The monoisotopic (exact) mass is 481 g/mol. The van der Waals surface area contributed by atoms with Crippen molar-refractivity contribution in [3.8, 4) is 11.5 Å². The third-order valence-electron chi connectivity index (χ3n) is 4.96. The summed E-state index contributed by atoms with van der Waals surface area (Å²) in [6.07, 6.45) is 0. The van der Waals surface area contributed by atoms with Crippen LogP contribution in [-0.2, 0) is 19.6 Å². The second-order valence-corrected chi connectivity index (χ2v) is 9.06. The van der Waals surface area contributed by atoms with E-state index in [1.54, 1.807) is 54.6 Å². The predicted molar refractivity (Wildman–Crippen MR) is 128 cm³/mol. The van der Waals surface area contributed by atoms with Gasteiger partial charge in [0.15, 0.2) is 6.61 Å². The maximum absolute atomic E-state index is 12.9. The molecule has 2 amide bonds. The van der Waals surface area contributed by atoms with Crippen molar-refractivity contribution < 1.29 is 27.5 Å². The number of sulfonamides is 1. The van der Waals surface area contributed by atoms with E-state index >= 15 is 0 Å². The molecule has 0 saturated carbocycles. The minimum Gasteiger partial charge on any atom is -0.494 e. The Balaban J connectivity index is 1.53. The lowest BCUT2D eigenvalue weighted by molar-refractivity contribution is -0.123. The quantitative estimate of drug-likeness (QED) is 0.511. The maximum atomic E-state index is 12.9. The molecule has 34 heavy (non-hydrogen) atoms. The molecule has 1 aliphatic rings. The zero-order valence-corrected chi connectivity index (χ0v) is 19.2. The van der Waals surface area contributed by atoms with Crippen LogP contribution in [-0.4, -0.2) is 40.0 Å². The molecule has 0 saturated heterocycles. The van der Waals surface area contributed by atoms with Gasteiger partial charge in [-0.3, -0.25) is 19.2 Å². The first-order chi connectivity index (χ1) is 16.4. The largest absolute Gasteiger partial charge is 0.494 e. The van der Waals surface area contributed by atoms with E-state index in [1.807, 2.05) is 6.92 Å². The molecule has 0 unspecified atom stereocenters. The van der Waals surface area contributed by atoms with Crippen molar-refractivity contribution in [2.24, 2.45) is 0 Å². The molecule has 1 heterocycles. The predicted octanol–water partition coefficient (Wildman–Crippen LogP) is 3.25. The van der Waals surface area contributed by atoms with Crippen molar-refractivity contribution in [1.82, 2.24) is 0 Å². The van der Waals surface area contributed by atoms with Crippen LogP contribution in [0.25, 0.3) is 0 Å². The van der Waals surface area contributed by atoms with Crippen molar-refractivity contribution >= 4 is 38.9 Å². The van der Waals surface area contributed by atoms with E-state index in [2.05, 4.69) is 10.0 Å². The van der Waals surface area contributed by atoms with E-state index in [9.17, 15) is 18.0 Å². The van der Waals surface area contributed by atoms with Crippen LogP contribution in [0.15, 0.2) is 77.7 Å². The Labute approximate surface area is 197 Å². The van der Waals surface area contributed by atoms with Crippen LogP contribution in [0, 0.1) is 0 Å². The van der Waals surface area contributed by atoms with Gasteiger partial charge in [-0.15, -0.1) is 0 Å². The molecular formula is C24H23N3O6S. The molecule has 4 rings (SSSR count). The van der Waals surface area contributed by atoms with Gasteiger partial charge in [0, 0.05) is 11.4 Å². The molecule has 176 valence electrons. The zero-order valence-electron chi connectivity index (χ0n) is 18.4. The summed E-state index contributed by atoms with van der Waals surface area (Å²) in [5.74, 6) is 0.0868. The summed E-state index contributed by atoms with van der Waals surface area (Å²) in [5, 5.41) is 2.73. The Morgan fingerprint density at radius 1 is 1.03 bits per heavy atom. The second kappa shape index (κ2) is 9.84. The minimum absolute atomic E-state index is 0.0645. The molecular weight excluding hydrogens is 458 g/mol. The van der Waals surface area contributed by atoms with Gasteiger partial charge in [0.2, 0.25) is 5.91 Å². The Bertz CT molecular complexity index is 1290. The van der Waals surface area contributed by atoms with E-state index in [0.29, 0.717) is 29.5 Å². The maximum Gasteiger partial charge on any atom is 0.265 e. The van der Waals surface area contributed by atoms with Crippen molar-refractivity contribution in [3.63, 3.8) is 0 Å². The van der Waals surface area contributed by atoms with Gasteiger partial charge >= 0.3 is 0 Å². The number of fused-ring (bicyclic) bond motifs is 1. The Morgan fingerprint density at radius 2 is 1.76 bits per heavy atom. The molecule has 0 spiro atoms. The van der Waals surface area contributed by atoms with Gasteiger partial charge in [-0.25, -0.2) is 8.42 Å². The van der Waals surface area contributed by atoms with Gasteiger partial charge in [0.25, 0.3) is 15.9 Å². The molecule has 1 aliphatic heterocycles. The highest BCUT2D eigenvalue weighted by molar-refractivity contribution is 7.92. The van der Waals surface area contributed by atoms with E-state index in [4.69, 9.17) is 9.47 Å². The Kier molecular flexibility index (Phi) is 6.69. The molecule has 0 aliphatic carbocycles. The van der Waals surface area contributed by atoms with Gasteiger partial charge < -0.3 is 14.8 Å². The van der Waals surface area contributed by atoms with Crippen molar-refractivity contribution in [1.29, 1.82) is 0 Å². The van der Waals surface area contributed by atoms with Gasteiger partial charge in [-0.05, 0) is 61.5 Å². The summed E-state index contributed by atoms with van der Waals surface area (Å²) < 4.78 is 39.0. The molecule has 10 heteroatoms. The van der Waals surface area contributed by atoms with Crippen LogP contribution in [0.3, 0.4) is 0 Å². The lowest BCUT2D eigenvalue weighted by atomic mass is 10.2. The summed E-state index contributed by atoms with van der Waals surface area (Å²) in [6, 6.07) is 19.5. The molecule has 0 atom stereocenters. The molecule has 2 N–H and O–H groups in total. The fourth-order valence-electron chi connectivity index (χ4n) is 3.39. The van der Waals surface area contributed by atoms with Gasteiger partial charge in [0.05, 0.1) is 17.2 Å². The van der Waals surface area contributed by atoms with E-state index < -0.39 is 21.8 Å². The van der Waals surface area contributed by atoms with Crippen LogP contribution in [0.4, 0.5) is 17.1 Å². The standard InChI is InChI=1S/C24H23N3O6S/c1-2-32-19-10-8-17(9-11-19)25-23(28)15-27-21-14-20(12-13-22(21)33-16-24(27)29)34(30,31)26-18-6-4-3-5-7-18/h3-14,26H,2,15-16H2,1H3,(H,25,28). The number of para-hydroxylation sites is 1. The van der Waals surface area contributed by atoms with E-state index in [0.717, 1.165) is 0 Å². The van der Waals surface area contributed by atoms with Gasteiger partial charge in [0.1, 0.15) is 18.0 Å². The van der Waals surface area contributed by atoms with Crippen molar-refractivity contribution in [3.05, 3.63) is 72.8 Å². The SMILES string of the molecule is CCOc1ccc(NC(=O)CN2C(=O)COc3ccc(S(=O)(=O)Nc4ccccc4)cc32)cc1. The second-order valence-electron chi connectivity index (χ2n) is 7.38. The number of amides is 2. The highest BCUT2D eigenvalue weighted by Crippen LogP contribution is 2.34.